The van der Waals surface area contributed by atoms with E-state index in [1.807, 2.05) is 0 Å². The van der Waals surface area contributed by atoms with Crippen LogP contribution in [0.1, 0.15) is 32.1 Å². The van der Waals surface area contributed by atoms with Crippen molar-refractivity contribution >= 4 is 5.91 Å². The second kappa shape index (κ2) is 5.04. The van der Waals surface area contributed by atoms with Gasteiger partial charge in [-0.05, 0) is 55.8 Å². The Bertz CT molecular complexity index is 311. The summed E-state index contributed by atoms with van der Waals surface area (Å²) in [4.78, 5) is 11.9. The van der Waals surface area contributed by atoms with E-state index in [0.29, 0.717) is 19.1 Å². The SMILES string of the molecule is C=CCNCC(=O)NC1C2CC3CC(C2)CC1C3. The minimum absolute atomic E-state index is 0.161. The van der Waals surface area contributed by atoms with Crippen LogP contribution in [0.25, 0.3) is 0 Å². The molecule has 3 nitrogen and oxygen atoms in total. The Morgan fingerprint density at radius 1 is 1.11 bits per heavy atom. The van der Waals surface area contributed by atoms with Crippen LogP contribution in [-0.2, 0) is 4.79 Å². The standard InChI is InChI=1S/C15H24N2O/c1-2-3-16-9-14(18)17-15-12-5-10-4-11(7-12)8-13(15)6-10/h2,10-13,15-16H,1,3-9H2,(H,17,18). The molecule has 4 aliphatic carbocycles. The first-order valence-corrected chi connectivity index (χ1v) is 7.37. The Kier molecular flexibility index (Phi) is 3.42. The van der Waals surface area contributed by atoms with Crippen molar-refractivity contribution in [2.75, 3.05) is 13.1 Å². The summed E-state index contributed by atoms with van der Waals surface area (Å²) in [7, 11) is 0. The van der Waals surface area contributed by atoms with Crippen molar-refractivity contribution in [3.8, 4) is 0 Å². The monoisotopic (exact) mass is 248 g/mol. The van der Waals surface area contributed by atoms with Crippen molar-refractivity contribution < 1.29 is 4.79 Å². The van der Waals surface area contributed by atoms with Gasteiger partial charge in [0.2, 0.25) is 5.91 Å². The van der Waals surface area contributed by atoms with Crippen molar-refractivity contribution in [2.45, 2.75) is 38.1 Å². The molecule has 18 heavy (non-hydrogen) atoms. The molecular formula is C15H24N2O. The van der Waals surface area contributed by atoms with Crippen molar-refractivity contribution in [2.24, 2.45) is 23.7 Å². The van der Waals surface area contributed by atoms with Crippen LogP contribution in [0.15, 0.2) is 12.7 Å². The maximum Gasteiger partial charge on any atom is 0.234 e. The van der Waals surface area contributed by atoms with Crippen LogP contribution in [0.2, 0.25) is 0 Å². The highest BCUT2D eigenvalue weighted by Crippen LogP contribution is 2.53. The van der Waals surface area contributed by atoms with Crippen molar-refractivity contribution in [3.63, 3.8) is 0 Å². The Balaban J connectivity index is 1.53. The summed E-state index contributed by atoms with van der Waals surface area (Å²) in [5.41, 5.74) is 0. The molecule has 4 bridgehead atoms. The van der Waals surface area contributed by atoms with Gasteiger partial charge in [0.15, 0.2) is 0 Å². The van der Waals surface area contributed by atoms with E-state index < -0.39 is 0 Å². The van der Waals surface area contributed by atoms with E-state index >= 15 is 0 Å². The van der Waals surface area contributed by atoms with Gasteiger partial charge in [-0.3, -0.25) is 4.79 Å². The van der Waals surface area contributed by atoms with E-state index in [0.717, 1.165) is 23.7 Å². The van der Waals surface area contributed by atoms with Gasteiger partial charge in [0.05, 0.1) is 6.54 Å². The third-order valence-electron chi connectivity index (χ3n) is 5.13. The summed E-state index contributed by atoms with van der Waals surface area (Å²) < 4.78 is 0. The average molecular weight is 248 g/mol. The van der Waals surface area contributed by atoms with Gasteiger partial charge in [-0.2, -0.15) is 0 Å². The summed E-state index contributed by atoms with van der Waals surface area (Å²) in [6.45, 7) is 4.77. The Morgan fingerprint density at radius 2 is 1.72 bits per heavy atom. The van der Waals surface area contributed by atoms with E-state index in [9.17, 15) is 4.79 Å². The van der Waals surface area contributed by atoms with Gasteiger partial charge in [0, 0.05) is 12.6 Å². The van der Waals surface area contributed by atoms with Gasteiger partial charge in [0.1, 0.15) is 0 Å². The zero-order chi connectivity index (χ0) is 12.5. The first-order valence-electron chi connectivity index (χ1n) is 7.37. The van der Waals surface area contributed by atoms with E-state index in [4.69, 9.17) is 0 Å². The lowest BCUT2D eigenvalue weighted by Gasteiger charge is -2.54. The Labute approximate surface area is 109 Å². The predicted molar refractivity (Wildman–Crippen MR) is 72.0 cm³/mol. The maximum atomic E-state index is 11.9. The maximum absolute atomic E-state index is 11.9. The van der Waals surface area contributed by atoms with Gasteiger partial charge in [-0.25, -0.2) is 0 Å². The lowest BCUT2D eigenvalue weighted by Crippen LogP contribution is -2.56. The van der Waals surface area contributed by atoms with Gasteiger partial charge in [-0.1, -0.05) is 6.08 Å². The fourth-order valence-electron chi connectivity index (χ4n) is 4.69. The minimum atomic E-state index is 0.161. The molecule has 0 aromatic carbocycles. The van der Waals surface area contributed by atoms with Crippen LogP contribution in [0.3, 0.4) is 0 Å². The average Bonchev–Trinajstić information content (AvgIpc) is 2.33. The molecule has 0 atom stereocenters. The molecule has 1 amide bonds. The Hall–Kier alpha value is -0.830. The molecule has 0 spiro atoms. The highest BCUT2D eigenvalue weighted by Gasteiger charge is 2.48. The molecule has 0 radical (unpaired) electrons. The topological polar surface area (TPSA) is 41.1 Å². The van der Waals surface area contributed by atoms with Crippen LogP contribution >= 0.6 is 0 Å². The van der Waals surface area contributed by atoms with Gasteiger partial charge >= 0.3 is 0 Å². The summed E-state index contributed by atoms with van der Waals surface area (Å²) in [6, 6.07) is 0.468. The highest BCUT2D eigenvalue weighted by atomic mass is 16.2. The second-order valence-electron chi connectivity index (χ2n) is 6.44. The molecule has 0 aromatic rings. The van der Waals surface area contributed by atoms with E-state index in [1.54, 1.807) is 6.08 Å². The van der Waals surface area contributed by atoms with Crippen LogP contribution in [0.5, 0.6) is 0 Å². The molecule has 4 rings (SSSR count). The van der Waals surface area contributed by atoms with E-state index in [-0.39, 0.29) is 5.91 Å². The number of hydrogen-bond donors (Lipinski definition) is 2. The molecule has 0 aliphatic heterocycles. The van der Waals surface area contributed by atoms with E-state index in [1.165, 1.54) is 32.1 Å². The molecule has 0 unspecified atom stereocenters. The van der Waals surface area contributed by atoms with Crippen LogP contribution in [0, 0.1) is 23.7 Å². The molecule has 4 saturated carbocycles. The number of carbonyl (C=O) groups excluding carboxylic acids is 1. The summed E-state index contributed by atoms with van der Waals surface area (Å²) in [5, 5.41) is 6.36. The third kappa shape index (κ3) is 2.33. The summed E-state index contributed by atoms with van der Waals surface area (Å²) >= 11 is 0. The highest BCUT2D eigenvalue weighted by molar-refractivity contribution is 5.78. The largest absolute Gasteiger partial charge is 0.352 e. The van der Waals surface area contributed by atoms with Crippen molar-refractivity contribution in [1.82, 2.24) is 10.6 Å². The molecule has 0 saturated heterocycles. The molecule has 0 aromatic heterocycles. The fraction of sp³-hybridized carbons (Fsp3) is 0.800. The lowest BCUT2D eigenvalue weighted by molar-refractivity contribution is -0.124. The van der Waals surface area contributed by atoms with E-state index in [2.05, 4.69) is 17.2 Å². The van der Waals surface area contributed by atoms with Crippen LogP contribution in [-0.4, -0.2) is 25.0 Å². The fourth-order valence-corrected chi connectivity index (χ4v) is 4.69. The van der Waals surface area contributed by atoms with Crippen LogP contribution in [0.4, 0.5) is 0 Å². The molecule has 4 aliphatic rings. The number of hydrogen-bond acceptors (Lipinski definition) is 2. The number of nitrogens with one attached hydrogen (secondary N) is 2. The molecule has 3 heteroatoms. The number of carbonyl (C=O) groups is 1. The van der Waals surface area contributed by atoms with Gasteiger partial charge < -0.3 is 10.6 Å². The van der Waals surface area contributed by atoms with Gasteiger partial charge in [-0.15, -0.1) is 6.58 Å². The molecule has 0 heterocycles. The first kappa shape index (κ1) is 12.2. The third-order valence-corrected chi connectivity index (χ3v) is 5.13. The minimum Gasteiger partial charge on any atom is -0.352 e. The number of rotatable bonds is 5. The quantitative estimate of drug-likeness (QED) is 0.574. The number of amides is 1. The Morgan fingerprint density at radius 3 is 2.28 bits per heavy atom. The second-order valence-corrected chi connectivity index (χ2v) is 6.44. The van der Waals surface area contributed by atoms with Crippen LogP contribution < -0.4 is 10.6 Å². The molecular weight excluding hydrogens is 224 g/mol. The zero-order valence-electron chi connectivity index (χ0n) is 11.0. The molecule has 2 N–H and O–H groups in total. The van der Waals surface area contributed by atoms with Crippen molar-refractivity contribution in [1.29, 1.82) is 0 Å². The first-order chi connectivity index (χ1) is 8.76. The van der Waals surface area contributed by atoms with Gasteiger partial charge in [0.25, 0.3) is 0 Å². The smallest absolute Gasteiger partial charge is 0.234 e. The zero-order valence-corrected chi connectivity index (χ0v) is 11.0. The summed E-state index contributed by atoms with van der Waals surface area (Å²) in [6.07, 6.45) is 8.69. The van der Waals surface area contributed by atoms with Crippen molar-refractivity contribution in [3.05, 3.63) is 12.7 Å². The lowest BCUT2D eigenvalue weighted by atomic mass is 9.54. The predicted octanol–water partition coefficient (Wildman–Crippen LogP) is 1.70. The normalized spacial score (nSPS) is 40.8. The molecule has 100 valence electrons. The molecule has 4 fully saturated rings. The summed E-state index contributed by atoms with van der Waals surface area (Å²) in [5.74, 6) is 3.64.